The molecular weight excluding hydrogens is 338 g/mol. The number of carbonyl (C=O) groups excluding carboxylic acids is 1. The van der Waals surface area contributed by atoms with Crippen LogP contribution in [0.3, 0.4) is 0 Å². The molecule has 9 heteroatoms. The molecular formula is C14H19N3O4S2. The number of nitrogens with zero attached hydrogens (tertiary/aromatic N) is 1. The SMILES string of the molecule is CC[C@H](C)NS(=O)(=O)c1cc(C(=O)Nc2cc(C)on2)sc1C. The zero-order valence-electron chi connectivity index (χ0n) is 13.3. The second kappa shape index (κ2) is 6.81. The fourth-order valence-electron chi connectivity index (χ4n) is 1.86. The fraction of sp³-hybridized carbons (Fsp3) is 0.429. The first-order chi connectivity index (χ1) is 10.7. The van der Waals surface area contributed by atoms with Gasteiger partial charge in [-0.3, -0.25) is 4.79 Å². The molecule has 0 aliphatic rings. The van der Waals surface area contributed by atoms with E-state index >= 15 is 0 Å². The first-order valence-corrected chi connectivity index (χ1v) is 9.40. The van der Waals surface area contributed by atoms with Crippen LogP contribution in [0.2, 0.25) is 0 Å². The minimum absolute atomic E-state index is 0.129. The Morgan fingerprint density at radius 1 is 1.39 bits per heavy atom. The third-order valence-electron chi connectivity index (χ3n) is 3.22. The van der Waals surface area contributed by atoms with E-state index in [2.05, 4.69) is 15.2 Å². The maximum absolute atomic E-state index is 12.4. The summed E-state index contributed by atoms with van der Waals surface area (Å²) in [4.78, 5) is 13.2. The summed E-state index contributed by atoms with van der Waals surface area (Å²) in [6, 6.07) is 2.79. The normalized spacial score (nSPS) is 13.0. The van der Waals surface area contributed by atoms with Gasteiger partial charge in [-0.1, -0.05) is 12.1 Å². The first-order valence-electron chi connectivity index (χ1n) is 7.10. The second-order valence-corrected chi connectivity index (χ2v) is 8.18. The smallest absolute Gasteiger partial charge is 0.267 e. The lowest BCUT2D eigenvalue weighted by atomic mass is 10.3. The lowest BCUT2D eigenvalue weighted by Gasteiger charge is -2.11. The third kappa shape index (κ3) is 4.18. The Morgan fingerprint density at radius 3 is 2.65 bits per heavy atom. The molecule has 0 saturated heterocycles. The number of rotatable bonds is 6. The molecule has 126 valence electrons. The number of hydrogen-bond acceptors (Lipinski definition) is 6. The van der Waals surface area contributed by atoms with Crippen molar-refractivity contribution in [3.05, 3.63) is 27.6 Å². The van der Waals surface area contributed by atoms with Gasteiger partial charge in [-0.2, -0.15) is 0 Å². The lowest BCUT2D eigenvalue weighted by molar-refractivity contribution is 0.102. The van der Waals surface area contributed by atoms with Crippen molar-refractivity contribution in [1.29, 1.82) is 0 Å². The van der Waals surface area contributed by atoms with Crippen LogP contribution in [0.25, 0.3) is 0 Å². The summed E-state index contributed by atoms with van der Waals surface area (Å²) in [6.45, 7) is 7.07. The molecule has 2 aromatic heterocycles. The van der Waals surface area contributed by atoms with Gasteiger partial charge in [0, 0.05) is 17.0 Å². The maximum Gasteiger partial charge on any atom is 0.267 e. The molecule has 2 N–H and O–H groups in total. The molecule has 2 rings (SSSR count). The summed E-state index contributed by atoms with van der Waals surface area (Å²) < 4.78 is 32.2. The highest BCUT2D eigenvalue weighted by molar-refractivity contribution is 7.89. The largest absolute Gasteiger partial charge is 0.360 e. The van der Waals surface area contributed by atoms with Gasteiger partial charge in [0.2, 0.25) is 10.0 Å². The molecule has 0 aromatic carbocycles. The maximum atomic E-state index is 12.4. The van der Waals surface area contributed by atoms with Crippen LogP contribution in [0.15, 0.2) is 21.6 Å². The Bertz CT molecular complexity index is 808. The number of nitrogens with one attached hydrogen (secondary N) is 2. The molecule has 1 amide bonds. The molecule has 2 aromatic rings. The summed E-state index contributed by atoms with van der Waals surface area (Å²) in [5.74, 6) is 0.445. The number of hydrogen-bond donors (Lipinski definition) is 2. The van der Waals surface area contributed by atoms with Gasteiger partial charge in [0.15, 0.2) is 5.82 Å². The van der Waals surface area contributed by atoms with Gasteiger partial charge < -0.3 is 9.84 Å². The summed E-state index contributed by atoms with van der Waals surface area (Å²) in [7, 11) is -3.64. The van der Waals surface area contributed by atoms with Crippen LogP contribution >= 0.6 is 11.3 Å². The van der Waals surface area contributed by atoms with E-state index in [1.807, 2.05) is 6.92 Å². The predicted molar refractivity (Wildman–Crippen MR) is 88.3 cm³/mol. The van der Waals surface area contributed by atoms with Crippen LogP contribution in [0, 0.1) is 13.8 Å². The monoisotopic (exact) mass is 357 g/mol. The van der Waals surface area contributed by atoms with Crippen molar-refractivity contribution >= 4 is 33.1 Å². The van der Waals surface area contributed by atoms with Crippen LogP contribution < -0.4 is 10.0 Å². The van der Waals surface area contributed by atoms with Crippen molar-refractivity contribution in [3.63, 3.8) is 0 Å². The molecule has 0 radical (unpaired) electrons. The van der Waals surface area contributed by atoms with Crippen LogP contribution in [0.4, 0.5) is 5.82 Å². The number of sulfonamides is 1. The van der Waals surface area contributed by atoms with Gasteiger partial charge >= 0.3 is 0 Å². The van der Waals surface area contributed by atoms with Crippen LogP contribution in [0.1, 0.15) is 40.6 Å². The number of anilines is 1. The van der Waals surface area contributed by atoms with E-state index in [4.69, 9.17) is 4.52 Å². The zero-order valence-corrected chi connectivity index (χ0v) is 15.0. The topological polar surface area (TPSA) is 101 Å². The van der Waals surface area contributed by atoms with Crippen molar-refractivity contribution in [2.24, 2.45) is 0 Å². The number of aryl methyl sites for hydroxylation is 2. The van der Waals surface area contributed by atoms with Crippen LogP contribution in [-0.2, 0) is 10.0 Å². The minimum atomic E-state index is -3.64. The van der Waals surface area contributed by atoms with Gasteiger partial charge in [-0.15, -0.1) is 11.3 Å². The fourth-order valence-corrected chi connectivity index (χ4v) is 4.67. The summed E-state index contributed by atoms with van der Waals surface area (Å²) in [5, 5.41) is 6.25. The van der Waals surface area contributed by atoms with Crippen molar-refractivity contribution < 1.29 is 17.7 Å². The zero-order chi connectivity index (χ0) is 17.2. The van der Waals surface area contributed by atoms with Crippen molar-refractivity contribution in [2.45, 2.75) is 45.1 Å². The molecule has 0 unspecified atom stereocenters. The quantitative estimate of drug-likeness (QED) is 0.828. The molecule has 2 heterocycles. The Hall–Kier alpha value is -1.71. The number of carbonyl (C=O) groups is 1. The van der Waals surface area contributed by atoms with E-state index in [1.54, 1.807) is 26.8 Å². The molecule has 0 aliphatic carbocycles. The average molecular weight is 357 g/mol. The molecule has 1 atom stereocenters. The first kappa shape index (κ1) is 17.6. The Kier molecular flexibility index (Phi) is 5.23. The molecule has 0 spiro atoms. The van der Waals surface area contributed by atoms with E-state index in [0.29, 0.717) is 27.8 Å². The van der Waals surface area contributed by atoms with Gasteiger partial charge in [-0.05, 0) is 33.3 Å². The van der Waals surface area contributed by atoms with E-state index < -0.39 is 15.9 Å². The van der Waals surface area contributed by atoms with E-state index in [-0.39, 0.29) is 10.9 Å². The van der Waals surface area contributed by atoms with Crippen molar-refractivity contribution in [1.82, 2.24) is 9.88 Å². The molecule has 23 heavy (non-hydrogen) atoms. The average Bonchev–Trinajstić information content (AvgIpc) is 3.04. The van der Waals surface area contributed by atoms with Gasteiger partial charge in [0.05, 0.1) is 9.77 Å². The summed E-state index contributed by atoms with van der Waals surface area (Å²) in [6.07, 6.45) is 0.682. The highest BCUT2D eigenvalue weighted by atomic mass is 32.2. The predicted octanol–water partition coefficient (Wildman–Crippen LogP) is 2.68. The molecule has 0 aliphatic heterocycles. The van der Waals surface area contributed by atoms with Crippen molar-refractivity contribution in [2.75, 3.05) is 5.32 Å². The molecule has 0 saturated carbocycles. The standard InChI is InChI=1S/C14H19N3O4S2/c1-5-8(2)17-23(19,20)12-7-11(22-10(12)4)14(18)15-13-6-9(3)21-16-13/h6-8,17H,5H2,1-4H3,(H,15,16,18)/t8-/m0/s1. The van der Waals surface area contributed by atoms with E-state index in [1.165, 1.54) is 6.07 Å². The molecule has 7 nitrogen and oxygen atoms in total. The summed E-state index contributed by atoms with van der Waals surface area (Å²) in [5.41, 5.74) is 0. The number of amides is 1. The number of thiophene rings is 1. The lowest BCUT2D eigenvalue weighted by Crippen LogP contribution is -2.32. The van der Waals surface area contributed by atoms with E-state index in [0.717, 1.165) is 11.3 Å². The van der Waals surface area contributed by atoms with Gasteiger partial charge in [-0.25, -0.2) is 13.1 Å². The highest BCUT2D eigenvalue weighted by Gasteiger charge is 2.23. The minimum Gasteiger partial charge on any atom is -0.360 e. The Balaban J connectivity index is 2.22. The van der Waals surface area contributed by atoms with Gasteiger partial charge in [0.1, 0.15) is 5.76 Å². The Labute approximate surface area is 139 Å². The molecule has 0 fully saturated rings. The van der Waals surface area contributed by atoms with Gasteiger partial charge in [0.25, 0.3) is 5.91 Å². The third-order valence-corrected chi connectivity index (χ3v) is 6.12. The molecule has 0 bridgehead atoms. The summed E-state index contributed by atoms with van der Waals surface area (Å²) >= 11 is 1.12. The van der Waals surface area contributed by atoms with Crippen molar-refractivity contribution in [3.8, 4) is 0 Å². The van der Waals surface area contributed by atoms with Crippen LogP contribution in [-0.4, -0.2) is 25.5 Å². The highest BCUT2D eigenvalue weighted by Crippen LogP contribution is 2.26. The number of aromatic nitrogens is 1. The second-order valence-electron chi connectivity index (χ2n) is 5.24. The Morgan fingerprint density at radius 2 is 2.09 bits per heavy atom. The van der Waals surface area contributed by atoms with Crippen LogP contribution in [0.5, 0.6) is 0 Å². The van der Waals surface area contributed by atoms with E-state index in [9.17, 15) is 13.2 Å².